The highest BCUT2D eigenvalue weighted by Gasteiger charge is 2.12. The molecule has 0 aromatic carbocycles. The molecule has 0 aliphatic heterocycles. The number of pyridine rings is 1. The molecule has 2 rings (SSSR count). The predicted molar refractivity (Wildman–Crippen MR) is 64.7 cm³/mol. The number of rotatable bonds is 3. The summed E-state index contributed by atoms with van der Waals surface area (Å²) in [7, 11) is 0. The number of nitrogens with zero attached hydrogens (tertiary/aromatic N) is 4. The smallest absolute Gasteiger partial charge is 0.258 e. The molecule has 2 heterocycles. The van der Waals surface area contributed by atoms with Crippen molar-refractivity contribution in [3.05, 3.63) is 32.4 Å². The van der Waals surface area contributed by atoms with E-state index in [1.165, 1.54) is 35.2 Å². The molecule has 0 aliphatic carbocycles. The Balaban J connectivity index is 2.29. The van der Waals surface area contributed by atoms with Crippen LogP contribution in [0.3, 0.4) is 0 Å². The summed E-state index contributed by atoms with van der Waals surface area (Å²) in [5.74, 6) is 0. The minimum atomic E-state index is -0.511. The molecule has 0 aliphatic rings. The van der Waals surface area contributed by atoms with Gasteiger partial charge in [0.05, 0.1) is 11.0 Å². The van der Waals surface area contributed by atoms with Gasteiger partial charge in [-0.2, -0.15) is 0 Å². The van der Waals surface area contributed by atoms with Gasteiger partial charge in [-0.15, -0.1) is 10.2 Å². The Morgan fingerprint density at radius 1 is 1.47 bits per heavy atom. The molecule has 0 bridgehead atoms. The molecule has 0 saturated carbocycles. The van der Waals surface area contributed by atoms with Gasteiger partial charge in [0.15, 0.2) is 4.34 Å². The second-order valence-electron chi connectivity index (χ2n) is 2.93. The van der Waals surface area contributed by atoms with Gasteiger partial charge < -0.3 is 0 Å². The van der Waals surface area contributed by atoms with E-state index in [9.17, 15) is 10.1 Å². The standard InChI is InChI=1S/C8H5ClN4O2S2/c1-4-11-12-8(16-4)17-7-3-5(13(14)15)2-6(9)10-7/h2-3H,1H3. The largest absolute Gasteiger partial charge is 0.275 e. The third-order valence-corrected chi connectivity index (χ3v) is 3.67. The van der Waals surface area contributed by atoms with Crippen LogP contribution < -0.4 is 0 Å². The fourth-order valence-electron chi connectivity index (χ4n) is 1.03. The average molecular weight is 289 g/mol. The molecule has 2 aromatic heterocycles. The molecule has 0 radical (unpaired) electrons. The zero-order valence-corrected chi connectivity index (χ0v) is 10.8. The quantitative estimate of drug-likeness (QED) is 0.490. The van der Waals surface area contributed by atoms with Gasteiger partial charge in [0.1, 0.15) is 15.2 Å². The average Bonchev–Trinajstić information content (AvgIpc) is 2.63. The monoisotopic (exact) mass is 288 g/mol. The van der Waals surface area contributed by atoms with E-state index in [4.69, 9.17) is 11.6 Å². The Labute approximate surface area is 109 Å². The molecule has 2 aromatic rings. The molecule has 0 saturated heterocycles. The second kappa shape index (κ2) is 4.94. The summed E-state index contributed by atoms with van der Waals surface area (Å²) in [5.41, 5.74) is -0.0891. The van der Waals surface area contributed by atoms with Crippen LogP contribution in [0, 0.1) is 17.0 Å². The van der Waals surface area contributed by atoms with Crippen LogP contribution in [-0.4, -0.2) is 20.1 Å². The zero-order valence-electron chi connectivity index (χ0n) is 8.45. The van der Waals surface area contributed by atoms with Gasteiger partial charge in [0, 0.05) is 6.07 Å². The third kappa shape index (κ3) is 3.11. The molecule has 0 spiro atoms. The van der Waals surface area contributed by atoms with Gasteiger partial charge >= 0.3 is 0 Å². The molecule has 17 heavy (non-hydrogen) atoms. The van der Waals surface area contributed by atoms with Crippen LogP contribution in [-0.2, 0) is 0 Å². The second-order valence-corrected chi connectivity index (χ2v) is 5.77. The lowest BCUT2D eigenvalue weighted by Gasteiger charge is -1.97. The van der Waals surface area contributed by atoms with Crippen molar-refractivity contribution >= 4 is 40.4 Å². The Kier molecular flexibility index (Phi) is 3.55. The first kappa shape index (κ1) is 12.2. The van der Waals surface area contributed by atoms with Crippen molar-refractivity contribution in [2.75, 3.05) is 0 Å². The third-order valence-electron chi connectivity index (χ3n) is 1.67. The molecule has 0 unspecified atom stereocenters. The Morgan fingerprint density at radius 2 is 2.24 bits per heavy atom. The van der Waals surface area contributed by atoms with Gasteiger partial charge in [-0.05, 0) is 18.7 Å². The van der Waals surface area contributed by atoms with Crippen LogP contribution in [0.1, 0.15) is 5.01 Å². The van der Waals surface area contributed by atoms with E-state index in [2.05, 4.69) is 15.2 Å². The summed E-state index contributed by atoms with van der Waals surface area (Å²) < 4.78 is 0.673. The van der Waals surface area contributed by atoms with Crippen molar-refractivity contribution in [3.8, 4) is 0 Å². The summed E-state index contributed by atoms with van der Waals surface area (Å²) in [5, 5.41) is 19.7. The molecule has 9 heteroatoms. The number of nitro groups is 1. The maximum Gasteiger partial charge on any atom is 0.275 e. The van der Waals surface area contributed by atoms with Gasteiger partial charge in [0.2, 0.25) is 0 Å². The maximum atomic E-state index is 10.6. The van der Waals surface area contributed by atoms with Gasteiger partial charge in [-0.1, -0.05) is 22.9 Å². The van der Waals surface area contributed by atoms with Crippen molar-refractivity contribution in [2.45, 2.75) is 16.3 Å². The van der Waals surface area contributed by atoms with Crippen LogP contribution in [0.2, 0.25) is 5.15 Å². The van der Waals surface area contributed by atoms with Crippen LogP contribution in [0.25, 0.3) is 0 Å². The van der Waals surface area contributed by atoms with E-state index in [1.807, 2.05) is 6.92 Å². The van der Waals surface area contributed by atoms with Crippen LogP contribution >= 0.6 is 34.7 Å². The molecular weight excluding hydrogens is 284 g/mol. The molecule has 0 fully saturated rings. The number of aromatic nitrogens is 3. The summed E-state index contributed by atoms with van der Waals surface area (Å²) in [6, 6.07) is 2.56. The van der Waals surface area contributed by atoms with E-state index in [-0.39, 0.29) is 10.8 Å². The Bertz CT molecular complexity index is 574. The van der Waals surface area contributed by atoms with E-state index >= 15 is 0 Å². The van der Waals surface area contributed by atoms with Crippen molar-refractivity contribution in [3.63, 3.8) is 0 Å². The minimum Gasteiger partial charge on any atom is -0.258 e. The first-order valence-corrected chi connectivity index (χ1v) is 6.35. The van der Waals surface area contributed by atoms with Crippen molar-refractivity contribution in [1.82, 2.24) is 15.2 Å². The molecule has 0 atom stereocenters. The van der Waals surface area contributed by atoms with E-state index in [0.29, 0.717) is 9.37 Å². The molecule has 0 N–H and O–H groups in total. The zero-order chi connectivity index (χ0) is 12.4. The SMILES string of the molecule is Cc1nnc(Sc2cc([N+](=O)[O-])cc(Cl)n2)s1. The normalized spacial score (nSPS) is 10.5. The van der Waals surface area contributed by atoms with E-state index in [1.54, 1.807) is 0 Å². The summed E-state index contributed by atoms with van der Waals surface area (Å²) in [4.78, 5) is 14.1. The Hall–Kier alpha value is -1.25. The molecule has 88 valence electrons. The maximum absolute atomic E-state index is 10.6. The lowest BCUT2D eigenvalue weighted by Crippen LogP contribution is -1.90. The van der Waals surface area contributed by atoms with Crippen LogP contribution in [0.5, 0.6) is 0 Å². The molecular formula is C8H5ClN4O2S2. The highest BCUT2D eigenvalue weighted by Crippen LogP contribution is 2.31. The van der Waals surface area contributed by atoms with Crippen molar-refractivity contribution < 1.29 is 4.92 Å². The first-order chi connectivity index (χ1) is 8.04. The number of aryl methyl sites for hydroxylation is 1. The van der Waals surface area contributed by atoms with Gasteiger partial charge in [0.25, 0.3) is 5.69 Å². The summed E-state index contributed by atoms with van der Waals surface area (Å²) in [6.45, 7) is 1.83. The topological polar surface area (TPSA) is 81.8 Å². The van der Waals surface area contributed by atoms with Crippen molar-refractivity contribution in [2.24, 2.45) is 0 Å². The van der Waals surface area contributed by atoms with Gasteiger partial charge in [-0.3, -0.25) is 10.1 Å². The molecule has 6 nitrogen and oxygen atoms in total. The van der Waals surface area contributed by atoms with Crippen LogP contribution in [0.15, 0.2) is 21.5 Å². The number of hydrogen-bond acceptors (Lipinski definition) is 7. The lowest BCUT2D eigenvalue weighted by atomic mass is 10.4. The predicted octanol–water partition coefficient (Wildman–Crippen LogP) is 2.95. The highest BCUT2D eigenvalue weighted by atomic mass is 35.5. The first-order valence-electron chi connectivity index (χ1n) is 4.34. The lowest BCUT2D eigenvalue weighted by molar-refractivity contribution is -0.385. The van der Waals surface area contributed by atoms with Crippen molar-refractivity contribution in [1.29, 1.82) is 0 Å². The number of hydrogen-bond donors (Lipinski definition) is 0. The van der Waals surface area contributed by atoms with Crippen LogP contribution in [0.4, 0.5) is 5.69 Å². The fourth-order valence-corrected chi connectivity index (χ4v) is 3.06. The number of halogens is 1. The summed E-state index contributed by atoms with van der Waals surface area (Å²) >= 11 is 8.29. The summed E-state index contributed by atoms with van der Waals surface area (Å²) in [6.07, 6.45) is 0. The minimum absolute atomic E-state index is 0.0861. The highest BCUT2D eigenvalue weighted by molar-refractivity contribution is 8.01. The Morgan fingerprint density at radius 3 is 2.82 bits per heavy atom. The van der Waals surface area contributed by atoms with Gasteiger partial charge in [-0.25, -0.2) is 4.98 Å². The molecule has 0 amide bonds. The van der Waals surface area contributed by atoms with E-state index in [0.717, 1.165) is 5.01 Å². The fraction of sp³-hybridized carbons (Fsp3) is 0.125. The van der Waals surface area contributed by atoms with E-state index < -0.39 is 4.92 Å².